The number of hydrogen-bond donors (Lipinski definition) is 3. The van der Waals surface area contributed by atoms with Gasteiger partial charge in [0.15, 0.2) is 11.7 Å². The standard InChI is InChI=1S/C25H22N4O3/c1-15(2)23(30)27-22-21(25(32)29(28-22)18-12-8-5-9-13-18)20(17-10-6-4-7-11-17)19-16(3)14-26-24(19)31/h4-14,26,31H,1H2,2-3H3,(H,27,28,30). The van der Waals surface area contributed by atoms with Crippen LogP contribution >= 0.6 is 0 Å². The van der Waals surface area contributed by atoms with Crippen molar-refractivity contribution in [1.82, 2.24) is 10.3 Å². The zero-order chi connectivity index (χ0) is 22.8. The molecule has 0 fully saturated rings. The van der Waals surface area contributed by atoms with Crippen LogP contribution < -0.4 is 10.3 Å². The first-order chi connectivity index (χ1) is 15.4. The van der Waals surface area contributed by atoms with Gasteiger partial charge in [0.1, 0.15) is 0 Å². The third-order valence-corrected chi connectivity index (χ3v) is 5.08. The molecular weight excluding hydrogens is 404 g/mol. The van der Waals surface area contributed by atoms with Crippen molar-refractivity contribution in [1.29, 1.82) is 0 Å². The molecule has 0 radical (unpaired) electrons. The molecule has 160 valence electrons. The maximum absolute atomic E-state index is 13.7. The highest BCUT2D eigenvalue weighted by atomic mass is 16.3. The van der Waals surface area contributed by atoms with Crippen LogP contribution in [0, 0.1) is 6.92 Å². The second kappa shape index (κ2) is 8.39. The molecule has 0 aliphatic carbocycles. The second-order valence-corrected chi connectivity index (χ2v) is 7.45. The number of hydrogen-bond acceptors (Lipinski definition) is 4. The number of anilines is 1. The van der Waals surface area contributed by atoms with Gasteiger partial charge in [-0.15, -0.1) is 5.10 Å². The number of aryl methyl sites for hydroxylation is 1. The Balaban J connectivity index is 2.00. The first kappa shape index (κ1) is 20.9. The van der Waals surface area contributed by atoms with Crippen LogP contribution in [0.2, 0.25) is 0 Å². The van der Waals surface area contributed by atoms with E-state index < -0.39 is 11.8 Å². The minimum atomic E-state index is -0.452. The monoisotopic (exact) mass is 426 g/mol. The van der Waals surface area contributed by atoms with Crippen molar-refractivity contribution in [3.8, 4) is 5.88 Å². The summed E-state index contributed by atoms with van der Waals surface area (Å²) in [5.74, 6) is -0.866. The maximum Gasteiger partial charge on any atom is 0.283 e. The van der Waals surface area contributed by atoms with Gasteiger partial charge < -0.3 is 15.4 Å². The summed E-state index contributed by atoms with van der Waals surface area (Å²) < 4.78 is 0. The number of aromatic hydroxyl groups is 1. The third-order valence-electron chi connectivity index (χ3n) is 5.08. The number of rotatable bonds is 4. The van der Waals surface area contributed by atoms with Gasteiger partial charge in [0, 0.05) is 22.9 Å². The summed E-state index contributed by atoms with van der Waals surface area (Å²) in [6.07, 6.45) is 1.66. The van der Waals surface area contributed by atoms with Crippen LogP contribution in [0.1, 0.15) is 23.6 Å². The molecule has 2 aromatic carbocycles. The van der Waals surface area contributed by atoms with E-state index in [1.807, 2.05) is 43.3 Å². The highest BCUT2D eigenvalue weighted by Crippen LogP contribution is 2.38. The summed E-state index contributed by atoms with van der Waals surface area (Å²) in [6, 6.07) is 18.2. The lowest BCUT2D eigenvalue weighted by Crippen LogP contribution is -2.32. The number of carbonyl (C=O) groups is 2. The molecule has 0 bridgehead atoms. The van der Waals surface area contributed by atoms with Crippen LogP contribution in [0.5, 0.6) is 5.88 Å². The van der Waals surface area contributed by atoms with E-state index in [2.05, 4.69) is 22.0 Å². The number of carbonyl (C=O) groups excluding carboxylic acids is 2. The normalized spacial score (nSPS) is 14.9. The van der Waals surface area contributed by atoms with Gasteiger partial charge >= 0.3 is 0 Å². The van der Waals surface area contributed by atoms with Crippen molar-refractivity contribution in [3.05, 3.63) is 101 Å². The Morgan fingerprint density at radius 3 is 2.28 bits per heavy atom. The average Bonchev–Trinajstić information content (AvgIpc) is 3.29. The van der Waals surface area contributed by atoms with Crippen LogP contribution in [0.3, 0.4) is 0 Å². The van der Waals surface area contributed by atoms with Crippen LogP contribution in [0.4, 0.5) is 5.69 Å². The molecule has 2 amide bonds. The molecule has 0 spiro atoms. The van der Waals surface area contributed by atoms with Crippen molar-refractivity contribution >= 4 is 28.9 Å². The molecule has 0 atom stereocenters. The quantitative estimate of drug-likeness (QED) is 0.552. The Bertz CT molecular complexity index is 1250. The van der Waals surface area contributed by atoms with Crippen molar-refractivity contribution in [2.75, 3.05) is 5.01 Å². The zero-order valence-corrected chi connectivity index (χ0v) is 17.7. The van der Waals surface area contributed by atoms with Crippen molar-refractivity contribution < 1.29 is 14.7 Å². The number of amidine groups is 1. The van der Waals surface area contributed by atoms with Gasteiger partial charge in [-0.05, 0) is 37.1 Å². The molecular formula is C25H22N4O3. The highest BCUT2D eigenvalue weighted by molar-refractivity contribution is 6.37. The van der Waals surface area contributed by atoms with Crippen LogP contribution in [0.15, 0.2) is 89.7 Å². The summed E-state index contributed by atoms with van der Waals surface area (Å²) in [6.45, 7) is 7.07. The predicted octanol–water partition coefficient (Wildman–Crippen LogP) is 3.88. The molecule has 3 N–H and O–H groups in total. The van der Waals surface area contributed by atoms with E-state index in [0.29, 0.717) is 22.4 Å². The minimum Gasteiger partial charge on any atom is -0.494 e. The van der Waals surface area contributed by atoms with E-state index in [4.69, 9.17) is 0 Å². The first-order valence-electron chi connectivity index (χ1n) is 10.0. The molecule has 7 heteroatoms. The molecule has 7 nitrogen and oxygen atoms in total. The number of amides is 2. The smallest absolute Gasteiger partial charge is 0.283 e. The number of H-pyrrole nitrogens is 1. The summed E-state index contributed by atoms with van der Waals surface area (Å²) in [5.41, 5.74) is 3.37. The molecule has 0 unspecified atom stereocenters. The number of aromatic nitrogens is 1. The predicted molar refractivity (Wildman–Crippen MR) is 124 cm³/mol. The molecule has 0 saturated carbocycles. The van der Waals surface area contributed by atoms with E-state index >= 15 is 0 Å². The maximum atomic E-state index is 13.7. The van der Waals surface area contributed by atoms with Crippen LogP contribution in [0.25, 0.3) is 5.57 Å². The fourth-order valence-electron chi connectivity index (χ4n) is 3.52. The molecule has 2 heterocycles. The number of benzene rings is 2. The van der Waals surface area contributed by atoms with Crippen molar-refractivity contribution in [2.45, 2.75) is 13.8 Å². The largest absolute Gasteiger partial charge is 0.494 e. The van der Waals surface area contributed by atoms with Gasteiger partial charge in [0.25, 0.3) is 11.8 Å². The van der Waals surface area contributed by atoms with Gasteiger partial charge in [-0.2, -0.15) is 5.01 Å². The summed E-state index contributed by atoms with van der Waals surface area (Å²) in [5, 5.41) is 19.0. The van der Waals surface area contributed by atoms with Gasteiger partial charge in [-0.3, -0.25) is 9.59 Å². The molecule has 0 saturated heterocycles. The molecule has 3 aromatic rings. The number of hydrazone groups is 1. The van der Waals surface area contributed by atoms with E-state index in [1.165, 1.54) is 5.01 Å². The number of para-hydroxylation sites is 1. The SMILES string of the molecule is C=C(C)C(=O)NC1=NN(c2ccccc2)C(=O)C1=C(c1ccccc1)c1c(C)c[nH]c1O. The molecule has 4 rings (SSSR count). The van der Waals surface area contributed by atoms with Crippen LogP contribution in [-0.2, 0) is 9.59 Å². The summed E-state index contributed by atoms with van der Waals surface area (Å²) in [4.78, 5) is 29.0. The molecule has 32 heavy (non-hydrogen) atoms. The van der Waals surface area contributed by atoms with E-state index in [-0.39, 0.29) is 22.9 Å². The number of nitrogens with zero attached hydrogens (tertiary/aromatic N) is 2. The molecule has 1 aliphatic heterocycles. The minimum absolute atomic E-state index is 0.0783. The topological polar surface area (TPSA) is 97.8 Å². The Kier molecular flexibility index (Phi) is 5.47. The Morgan fingerprint density at radius 2 is 1.72 bits per heavy atom. The van der Waals surface area contributed by atoms with Crippen molar-refractivity contribution in [2.24, 2.45) is 5.10 Å². The van der Waals surface area contributed by atoms with Gasteiger partial charge in [-0.1, -0.05) is 55.1 Å². The van der Waals surface area contributed by atoms with Crippen LogP contribution in [-0.4, -0.2) is 27.7 Å². The Morgan fingerprint density at radius 1 is 1.09 bits per heavy atom. The summed E-state index contributed by atoms with van der Waals surface area (Å²) in [7, 11) is 0. The lowest BCUT2D eigenvalue weighted by Gasteiger charge is -2.15. The lowest BCUT2D eigenvalue weighted by molar-refractivity contribution is -0.116. The molecule has 1 aromatic heterocycles. The average molecular weight is 426 g/mol. The Hall–Kier alpha value is -4.39. The fraction of sp³-hybridized carbons (Fsp3) is 0.0800. The number of nitrogens with one attached hydrogen (secondary N) is 2. The second-order valence-electron chi connectivity index (χ2n) is 7.45. The van der Waals surface area contributed by atoms with Gasteiger partial charge in [-0.25, -0.2) is 0 Å². The van der Waals surface area contributed by atoms with E-state index in [0.717, 1.165) is 5.56 Å². The number of aromatic amines is 1. The highest BCUT2D eigenvalue weighted by Gasteiger charge is 2.37. The lowest BCUT2D eigenvalue weighted by atomic mass is 9.91. The zero-order valence-electron chi connectivity index (χ0n) is 17.7. The van der Waals surface area contributed by atoms with Gasteiger partial charge in [0.2, 0.25) is 0 Å². The fourth-order valence-corrected chi connectivity index (χ4v) is 3.52. The first-order valence-corrected chi connectivity index (χ1v) is 10.0. The Labute approximate surface area is 185 Å². The van der Waals surface area contributed by atoms with Crippen molar-refractivity contribution in [3.63, 3.8) is 0 Å². The van der Waals surface area contributed by atoms with E-state index in [1.54, 1.807) is 37.4 Å². The van der Waals surface area contributed by atoms with E-state index in [9.17, 15) is 14.7 Å². The summed E-state index contributed by atoms with van der Waals surface area (Å²) >= 11 is 0. The third kappa shape index (κ3) is 3.72. The van der Waals surface area contributed by atoms with Gasteiger partial charge in [0.05, 0.1) is 11.3 Å². The molecule has 1 aliphatic rings.